The van der Waals surface area contributed by atoms with E-state index in [0.717, 1.165) is 0 Å². The molecule has 0 amide bonds. The molecular weight excluding hydrogens is 795 g/mol. The van der Waals surface area contributed by atoms with Crippen LogP contribution in [0.3, 0.4) is 0 Å². The summed E-state index contributed by atoms with van der Waals surface area (Å²) in [7, 11) is -1.45. The number of unbranched alkanes of at least 4 members (excludes halogenated alkanes) is 8. The van der Waals surface area contributed by atoms with Gasteiger partial charge in [-0.25, -0.2) is 0 Å². The molecule has 5 rings (SSSR count). The van der Waals surface area contributed by atoms with Gasteiger partial charge in [-0.3, -0.25) is 0 Å². The summed E-state index contributed by atoms with van der Waals surface area (Å²) in [5.41, 5.74) is 13.7. The van der Waals surface area contributed by atoms with Crippen molar-refractivity contribution in [1.29, 1.82) is 0 Å². The highest BCUT2D eigenvalue weighted by Crippen LogP contribution is 2.72. The lowest BCUT2D eigenvalue weighted by Crippen LogP contribution is -2.40. The van der Waals surface area contributed by atoms with Crippen LogP contribution in [0.25, 0.3) is 0 Å². The van der Waals surface area contributed by atoms with Crippen LogP contribution in [-0.2, 0) is 51.4 Å². The van der Waals surface area contributed by atoms with Crippen molar-refractivity contribution in [3.63, 3.8) is 0 Å². The lowest BCUT2D eigenvalue weighted by Gasteiger charge is -2.48. The Balaban J connectivity index is 2.01. The summed E-state index contributed by atoms with van der Waals surface area (Å²) >= 11 is 0. The summed E-state index contributed by atoms with van der Waals surface area (Å²) < 4.78 is 0. The smallest absolute Gasteiger partial charge is 0.0267 e. The normalized spacial score (nSPS) is 13.8. The zero-order valence-electron chi connectivity index (χ0n) is 42.1. The first kappa shape index (κ1) is 51.7. The van der Waals surface area contributed by atoms with Gasteiger partial charge in [0, 0.05) is 4.90 Å². The molecule has 0 N–H and O–H groups in total. The van der Waals surface area contributed by atoms with E-state index in [1.807, 2.05) is 0 Å². The van der Waals surface area contributed by atoms with Crippen LogP contribution < -0.4 is 21.2 Å². The van der Waals surface area contributed by atoms with Crippen molar-refractivity contribution in [1.82, 2.24) is 0 Å². The number of hydrogen-bond donors (Lipinski definition) is 0. The zero-order valence-corrected chi connectivity index (χ0v) is 43.9. The van der Waals surface area contributed by atoms with E-state index < -0.39 is 15.8 Å². The second-order valence-corrected chi connectivity index (χ2v) is 24.7. The second kappa shape index (κ2) is 28.0. The molecule has 0 nitrogen and oxygen atoms in total. The summed E-state index contributed by atoms with van der Waals surface area (Å²) in [6, 6.07) is 31.2. The monoisotopic (exact) mass is 887 g/mol. The molecule has 1 fully saturated rings. The van der Waals surface area contributed by atoms with Crippen LogP contribution in [0.15, 0.2) is 72.8 Å². The second-order valence-electron chi connectivity index (χ2n) is 19.3. The average molecular weight is 887 g/mol. The Morgan fingerprint density at radius 2 is 0.540 bits per heavy atom. The van der Waals surface area contributed by atoms with E-state index in [1.54, 1.807) is 65.7 Å². The highest BCUT2D eigenvalue weighted by molar-refractivity contribution is 7.91. The minimum absolute atomic E-state index is 0.175. The highest BCUT2D eigenvalue weighted by Gasteiger charge is 2.52. The van der Waals surface area contributed by atoms with Gasteiger partial charge in [0.1, 0.15) is 0 Å². The summed E-state index contributed by atoms with van der Waals surface area (Å²) in [4.78, 5) is 0.175. The van der Waals surface area contributed by atoms with E-state index in [1.165, 1.54) is 180 Å². The van der Waals surface area contributed by atoms with Crippen LogP contribution in [0.2, 0.25) is 0 Å². The first-order valence-corrected chi connectivity index (χ1v) is 29.7. The van der Waals surface area contributed by atoms with Crippen molar-refractivity contribution in [2.24, 2.45) is 0 Å². The molecule has 0 saturated heterocycles. The molecule has 346 valence electrons. The van der Waals surface area contributed by atoms with Crippen LogP contribution in [0.5, 0.6) is 0 Å². The van der Waals surface area contributed by atoms with E-state index >= 15 is 0 Å². The predicted octanol–water partition coefficient (Wildman–Crippen LogP) is 17.3. The molecule has 0 heterocycles. The molecule has 0 bridgehead atoms. The first-order valence-electron chi connectivity index (χ1n) is 27.0. The van der Waals surface area contributed by atoms with Gasteiger partial charge < -0.3 is 0 Å². The molecule has 1 saturated carbocycles. The number of rotatable bonds is 30. The minimum atomic E-state index is -0.723. The fourth-order valence-electron chi connectivity index (χ4n) is 10.9. The lowest BCUT2D eigenvalue weighted by molar-refractivity contribution is 0.757. The Hall–Kier alpha value is -2.26. The molecule has 1 aliphatic carbocycles. The van der Waals surface area contributed by atoms with Crippen LogP contribution in [0.1, 0.15) is 228 Å². The van der Waals surface area contributed by atoms with Crippen LogP contribution in [0, 0.1) is 0 Å². The standard InChI is InChI=1S/C61H92P2/c1-9-17-31-49-35-27-43-57(53(49)39-21-13-5)62(58-44-28-36-50(32-18-10-2)54(58)40-22-14-6)61(47-25-26-48-61)63(59-45-29-37-51(33-19-11-3)55(59)41-23-15-7)60-46-30-38-52(34-20-12-4)56(60)42-24-16-8/h27-30,35-38,43-46H,9-26,31-34,39-42,47-48H2,1-8H3. The van der Waals surface area contributed by atoms with Crippen LogP contribution >= 0.6 is 15.8 Å². The van der Waals surface area contributed by atoms with Gasteiger partial charge in [-0.1, -0.05) is 192 Å². The lowest BCUT2D eigenvalue weighted by atomic mass is 9.97. The van der Waals surface area contributed by atoms with E-state index in [0.29, 0.717) is 0 Å². The molecule has 0 radical (unpaired) electrons. The van der Waals surface area contributed by atoms with Crippen molar-refractivity contribution in [2.75, 3.05) is 0 Å². The molecule has 0 unspecified atom stereocenters. The molecule has 0 spiro atoms. The maximum absolute atomic E-state index is 2.72. The van der Waals surface area contributed by atoms with Gasteiger partial charge in [0.25, 0.3) is 0 Å². The van der Waals surface area contributed by atoms with E-state index in [2.05, 4.69) is 128 Å². The average Bonchev–Trinajstić information content (AvgIpc) is 3.79. The van der Waals surface area contributed by atoms with Crippen molar-refractivity contribution < 1.29 is 0 Å². The SMILES string of the molecule is CCCCc1cccc(P(c2cccc(CCCC)c2CCCC)C2(P(c3cccc(CCCC)c3CCCC)c3cccc(CCCC)c3CCCC)CCCC2)c1CCCC. The zero-order chi connectivity index (χ0) is 44.9. The topological polar surface area (TPSA) is 0 Å². The van der Waals surface area contributed by atoms with Gasteiger partial charge in [-0.05, 0) is 197 Å². The number of aryl methyl sites for hydroxylation is 4. The molecule has 4 aromatic carbocycles. The van der Waals surface area contributed by atoms with E-state index in [-0.39, 0.29) is 4.90 Å². The maximum atomic E-state index is 2.72. The Labute approximate surface area is 392 Å². The van der Waals surface area contributed by atoms with Crippen molar-refractivity contribution in [2.45, 2.75) is 240 Å². The van der Waals surface area contributed by atoms with E-state index in [4.69, 9.17) is 0 Å². The third kappa shape index (κ3) is 13.2. The van der Waals surface area contributed by atoms with Gasteiger partial charge >= 0.3 is 0 Å². The highest BCUT2D eigenvalue weighted by atomic mass is 31.2. The minimum Gasteiger partial charge on any atom is -0.0654 e. The summed E-state index contributed by atoms with van der Waals surface area (Å²) in [5.74, 6) is 0. The summed E-state index contributed by atoms with van der Waals surface area (Å²) in [6.07, 6.45) is 35.4. The maximum Gasteiger partial charge on any atom is 0.0267 e. The fourth-order valence-corrected chi connectivity index (χ4v) is 19.9. The van der Waals surface area contributed by atoms with Gasteiger partial charge in [-0.2, -0.15) is 0 Å². The molecule has 2 heteroatoms. The van der Waals surface area contributed by atoms with Crippen molar-refractivity contribution in [3.05, 3.63) is 117 Å². The Morgan fingerprint density at radius 3 is 0.762 bits per heavy atom. The third-order valence-corrected chi connectivity index (χ3v) is 21.9. The van der Waals surface area contributed by atoms with Crippen LogP contribution in [-0.4, -0.2) is 4.90 Å². The fraction of sp³-hybridized carbons (Fsp3) is 0.607. The molecule has 1 aliphatic rings. The molecule has 0 aliphatic heterocycles. The van der Waals surface area contributed by atoms with Gasteiger partial charge in [0.05, 0.1) is 0 Å². The predicted molar refractivity (Wildman–Crippen MR) is 288 cm³/mol. The summed E-state index contributed by atoms with van der Waals surface area (Å²) in [6.45, 7) is 19.2. The number of hydrogen-bond acceptors (Lipinski definition) is 0. The Kier molecular flexibility index (Phi) is 23.0. The molecule has 0 atom stereocenters. The first-order chi connectivity index (χ1) is 31.0. The van der Waals surface area contributed by atoms with Crippen LogP contribution in [0.4, 0.5) is 0 Å². The van der Waals surface area contributed by atoms with Crippen molar-refractivity contribution in [3.8, 4) is 0 Å². The van der Waals surface area contributed by atoms with Gasteiger partial charge in [0.15, 0.2) is 0 Å². The Bertz CT molecular complexity index is 1650. The van der Waals surface area contributed by atoms with E-state index in [9.17, 15) is 0 Å². The largest absolute Gasteiger partial charge is 0.0654 e. The number of benzene rings is 4. The van der Waals surface area contributed by atoms with Crippen molar-refractivity contribution >= 4 is 37.1 Å². The Morgan fingerprint density at radius 1 is 0.317 bits per heavy atom. The molecule has 4 aromatic rings. The summed E-state index contributed by atoms with van der Waals surface area (Å²) in [5, 5.41) is 7.12. The third-order valence-electron chi connectivity index (χ3n) is 14.5. The quantitative estimate of drug-likeness (QED) is 0.0458. The van der Waals surface area contributed by atoms with Gasteiger partial charge in [0.2, 0.25) is 0 Å². The molecular formula is C61H92P2. The van der Waals surface area contributed by atoms with Gasteiger partial charge in [-0.15, -0.1) is 0 Å². The molecule has 0 aromatic heterocycles. The molecule has 63 heavy (non-hydrogen) atoms.